The van der Waals surface area contributed by atoms with Gasteiger partial charge in [0.2, 0.25) is 0 Å². The summed E-state index contributed by atoms with van der Waals surface area (Å²) in [7, 11) is 0. The maximum Gasteiger partial charge on any atom is 0.287 e. The molecule has 0 atom stereocenters. The molecule has 5 nitrogen and oxygen atoms in total. The molecule has 0 saturated heterocycles. The van der Waals surface area contributed by atoms with E-state index in [0.717, 1.165) is 5.56 Å². The lowest BCUT2D eigenvalue weighted by atomic mass is 10.2. The van der Waals surface area contributed by atoms with E-state index in [1.807, 2.05) is 25.1 Å². The molecule has 0 aromatic heterocycles. The van der Waals surface area contributed by atoms with Gasteiger partial charge in [0.05, 0.1) is 4.92 Å². The highest BCUT2D eigenvalue weighted by Gasteiger charge is 2.14. The monoisotopic (exact) mass is 254 g/mol. The zero-order valence-electron chi connectivity index (χ0n) is 10.2. The molecule has 2 aromatic rings. The molecule has 0 unspecified atom stereocenters. The zero-order chi connectivity index (χ0) is 13.8. The van der Waals surface area contributed by atoms with Crippen LogP contribution < -0.4 is 4.74 Å². The van der Waals surface area contributed by atoms with Crippen LogP contribution in [-0.4, -0.2) is 4.92 Å². The predicted molar refractivity (Wildman–Crippen MR) is 69.1 cm³/mol. The van der Waals surface area contributed by atoms with Crippen LogP contribution >= 0.6 is 0 Å². The van der Waals surface area contributed by atoms with Gasteiger partial charge in [-0.2, -0.15) is 5.26 Å². The number of nitrogens with zero attached hydrogens (tertiary/aromatic N) is 2. The van der Waals surface area contributed by atoms with Crippen molar-refractivity contribution in [2.45, 2.75) is 6.92 Å². The molecule has 0 N–H and O–H groups in total. The van der Waals surface area contributed by atoms with E-state index in [1.165, 1.54) is 18.2 Å². The fourth-order valence-electron chi connectivity index (χ4n) is 1.63. The molecular formula is C14H10N2O3. The minimum absolute atomic E-state index is 0.0175. The van der Waals surface area contributed by atoms with Crippen molar-refractivity contribution in [1.29, 1.82) is 5.26 Å². The second kappa shape index (κ2) is 5.19. The summed E-state index contributed by atoms with van der Waals surface area (Å²) in [6, 6.07) is 13.3. The number of benzene rings is 2. The fourth-order valence-corrected chi connectivity index (χ4v) is 1.63. The predicted octanol–water partition coefficient (Wildman–Crippen LogP) is 3.57. The molecule has 2 rings (SSSR count). The summed E-state index contributed by atoms with van der Waals surface area (Å²) in [5.41, 5.74) is 0.704. The van der Waals surface area contributed by atoms with Gasteiger partial charge in [0.25, 0.3) is 5.69 Å². The number of hydrogen-bond donors (Lipinski definition) is 0. The van der Waals surface area contributed by atoms with Gasteiger partial charge in [0.15, 0.2) is 0 Å². The second-order valence-electron chi connectivity index (χ2n) is 3.92. The molecule has 0 amide bonds. The maximum atomic E-state index is 10.7. The van der Waals surface area contributed by atoms with Gasteiger partial charge in [0, 0.05) is 12.1 Å². The van der Waals surface area contributed by atoms with E-state index in [-0.39, 0.29) is 11.3 Å². The molecule has 0 aliphatic rings. The molecule has 0 spiro atoms. The molecule has 94 valence electrons. The third-order valence-corrected chi connectivity index (χ3v) is 2.61. The summed E-state index contributed by atoms with van der Waals surface area (Å²) in [5, 5.41) is 19.6. The van der Waals surface area contributed by atoms with E-state index in [0.29, 0.717) is 11.5 Å². The molecule has 19 heavy (non-hydrogen) atoms. The molecule has 0 aliphatic carbocycles. The Hall–Kier alpha value is -2.87. The summed E-state index contributed by atoms with van der Waals surface area (Å²) >= 11 is 0. The number of nitro groups is 1. The van der Waals surface area contributed by atoms with Gasteiger partial charge < -0.3 is 4.74 Å². The molecule has 0 saturated carbocycles. The number of hydrogen-bond acceptors (Lipinski definition) is 4. The Bertz CT molecular complexity index is 675. The third kappa shape index (κ3) is 2.69. The van der Waals surface area contributed by atoms with Crippen molar-refractivity contribution < 1.29 is 9.66 Å². The van der Waals surface area contributed by atoms with Crippen LogP contribution in [0.4, 0.5) is 5.69 Å². The molecule has 0 radical (unpaired) electrons. The average Bonchev–Trinajstić information content (AvgIpc) is 2.41. The molecule has 0 aliphatic heterocycles. The number of para-hydroxylation sites is 1. The molecule has 5 heteroatoms. The molecule has 0 fully saturated rings. The number of aryl methyl sites for hydroxylation is 1. The van der Waals surface area contributed by atoms with Crippen LogP contribution in [0.2, 0.25) is 0 Å². The lowest BCUT2D eigenvalue weighted by molar-refractivity contribution is -0.385. The SMILES string of the molecule is Cc1ccccc1Oc1ccc([N+](=O)[O-])c(C#N)c1. The van der Waals surface area contributed by atoms with Gasteiger partial charge >= 0.3 is 0 Å². The van der Waals surface area contributed by atoms with E-state index >= 15 is 0 Å². The first kappa shape index (κ1) is 12.6. The highest BCUT2D eigenvalue weighted by Crippen LogP contribution is 2.28. The average molecular weight is 254 g/mol. The molecule has 2 aromatic carbocycles. The van der Waals surface area contributed by atoms with E-state index in [4.69, 9.17) is 10.00 Å². The Kier molecular flexibility index (Phi) is 3.44. The lowest BCUT2D eigenvalue weighted by Gasteiger charge is -2.08. The van der Waals surface area contributed by atoms with Crippen molar-refractivity contribution in [3.8, 4) is 17.6 Å². The Morgan fingerprint density at radius 2 is 2.00 bits per heavy atom. The van der Waals surface area contributed by atoms with Crippen molar-refractivity contribution in [3.05, 3.63) is 63.7 Å². The summed E-state index contributed by atoms with van der Waals surface area (Å²) in [6.45, 7) is 1.89. The van der Waals surface area contributed by atoms with Gasteiger partial charge in [0.1, 0.15) is 23.1 Å². The van der Waals surface area contributed by atoms with Gasteiger partial charge in [-0.05, 0) is 24.6 Å². The van der Waals surface area contributed by atoms with Crippen LogP contribution in [0, 0.1) is 28.4 Å². The van der Waals surface area contributed by atoms with E-state index in [9.17, 15) is 10.1 Å². The van der Waals surface area contributed by atoms with Crippen LogP contribution in [0.3, 0.4) is 0 Å². The standard InChI is InChI=1S/C14H10N2O3/c1-10-4-2-3-5-14(10)19-12-6-7-13(16(17)18)11(8-12)9-15/h2-8H,1H3. The number of nitriles is 1. The Labute approximate surface area is 109 Å². The van der Waals surface area contributed by atoms with E-state index in [2.05, 4.69) is 0 Å². The van der Waals surface area contributed by atoms with Gasteiger partial charge in [-0.15, -0.1) is 0 Å². The maximum absolute atomic E-state index is 10.7. The first-order valence-electron chi connectivity index (χ1n) is 5.54. The lowest BCUT2D eigenvalue weighted by Crippen LogP contribution is -1.93. The van der Waals surface area contributed by atoms with Crippen LogP contribution in [0.15, 0.2) is 42.5 Å². The zero-order valence-corrected chi connectivity index (χ0v) is 10.2. The summed E-state index contributed by atoms with van der Waals surface area (Å²) in [5.74, 6) is 1.05. The second-order valence-corrected chi connectivity index (χ2v) is 3.92. The van der Waals surface area contributed by atoms with Gasteiger partial charge in [-0.25, -0.2) is 0 Å². The quantitative estimate of drug-likeness (QED) is 0.619. The van der Waals surface area contributed by atoms with Crippen LogP contribution in [0.5, 0.6) is 11.5 Å². The first-order chi connectivity index (χ1) is 9.11. The van der Waals surface area contributed by atoms with Crippen molar-refractivity contribution in [2.75, 3.05) is 0 Å². The number of nitro benzene ring substituents is 1. The summed E-state index contributed by atoms with van der Waals surface area (Å²) in [4.78, 5) is 10.1. The summed E-state index contributed by atoms with van der Waals surface area (Å²) < 4.78 is 5.61. The van der Waals surface area contributed by atoms with Crippen LogP contribution in [0.25, 0.3) is 0 Å². The minimum Gasteiger partial charge on any atom is -0.457 e. The molecular weight excluding hydrogens is 244 g/mol. The number of ether oxygens (including phenoxy) is 1. The van der Waals surface area contributed by atoms with Gasteiger partial charge in [-0.3, -0.25) is 10.1 Å². The van der Waals surface area contributed by atoms with E-state index in [1.54, 1.807) is 12.1 Å². The highest BCUT2D eigenvalue weighted by atomic mass is 16.6. The van der Waals surface area contributed by atoms with Crippen LogP contribution in [0.1, 0.15) is 11.1 Å². The minimum atomic E-state index is -0.587. The highest BCUT2D eigenvalue weighted by molar-refractivity contribution is 5.53. The van der Waals surface area contributed by atoms with Crippen molar-refractivity contribution in [2.24, 2.45) is 0 Å². The largest absolute Gasteiger partial charge is 0.457 e. The number of rotatable bonds is 3. The van der Waals surface area contributed by atoms with Crippen molar-refractivity contribution >= 4 is 5.69 Å². The van der Waals surface area contributed by atoms with Crippen molar-refractivity contribution in [1.82, 2.24) is 0 Å². The Balaban J connectivity index is 2.36. The summed E-state index contributed by atoms with van der Waals surface area (Å²) in [6.07, 6.45) is 0. The first-order valence-corrected chi connectivity index (χ1v) is 5.54. The van der Waals surface area contributed by atoms with Gasteiger partial charge in [-0.1, -0.05) is 18.2 Å². The fraction of sp³-hybridized carbons (Fsp3) is 0.0714. The Morgan fingerprint density at radius 1 is 1.26 bits per heavy atom. The molecule has 0 heterocycles. The topological polar surface area (TPSA) is 76.2 Å². The van der Waals surface area contributed by atoms with E-state index < -0.39 is 4.92 Å². The molecule has 0 bridgehead atoms. The van der Waals surface area contributed by atoms with Crippen LogP contribution in [-0.2, 0) is 0 Å². The smallest absolute Gasteiger partial charge is 0.287 e. The third-order valence-electron chi connectivity index (χ3n) is 2.61. The Morgan fingerprint density at radius 3 is 2.63 bits per heavy atom. The van der Waals surface area contributed by atoms with Crippen molar-refractivity contribution in [3.63, 3.8) is 0 Å². The normalized spacial score (nSPS) is 9.68.